The van der Waals surface area contributed by atoms with Gasteiger partial charge in [-0.3, -0.25) is 0 Å². The van der Waals surface area contributed by atoms with Crippen molar-refractivity contribution in [1.29, 1.82) is 0 Å². The van der Waals surface area contributed by atoms with Gasteiger partial charge in [0.1, 0.15) is 18.0 Å². The molecule has 4 nitrogen and oxygen atoms in total. The van der Waals surface area contributed by atoms with Crippen LogP contribution in [0.2, 0.25) is 0 Å². The lowest BCUT2D eigenvalue weighted by Crippen LogP contribution is -2.20. The van der Waals surface area contributed by atoms with Crippen molar-refractivity contribution < 1.29 is 0 Å². The standard InChI is InChI=1S/C14H20N4S/c1-4-6-12-13(15-2)16-10-17-14(12)18(3)9-11-7-5-8-19-11/h5,7-8,10H,4,6,9H2,1-3H3,(H,15,16,17). The number of thiophene rings is 1. The van der Waals surface area contributed by atoms with Gasteiger partial charge in [-0.2, -0.15) is 0 Å². The van der Waals surface area contributed by atoms with E-state index in [-0.39, 0.29) is 0 Å². The molecule has 0 atom stereocenters. The third-order valence-electron chi connectivity index (χ3n) is 2.99. The molecule has 0 fully saturated rings. The first-order valence-corrected chi connectivity index (χ1v) is 7.39. The molecule has 0 saturated heterocycles. The van der Waals surface area contributed by atoms with E-state index < -0.39 is 0 Å². The first-order chi connectivity index (χ1) is 9.26. The molecule has 0 bridgehead atoms. The van der Waals surface area contributed by atoms with Gasteiger partial charge in [0.2, 0.25) is 0 Å². The molecule has 2 aromatic rings. The zero-order valence-corrected chi connectivity index (χ0v) is 12.5. The normalized spacial score (nSPS) is 10.5. The van der Waals surface area contributed by atoms with Crippen molar-refractivity contribution in [1.82, 2.24) is 9.97 Å². The third kappa shape index (κ3) is 3.23. The number of nitrogens with zero attached hydrogens (tertiary/aromatic N) is 3. The maximum Gasteiger partial charge on any atom is 0.137 e. The Bertz CT molecular complexity index is 510. The van der Waals surface area contributed by atoms with E-state index in [1.807, 2.05) is 7.05 Å². The van der Waals surface area contributed by atoms with Crippen LogP contribution >= 0.6 is 11.3 Å². The summed E-state index contributed by atoms with van der Waals surface area (Å²) in [5.74, 6) is 1.96. The lowest BCUT2D eigenvalue weighted by atomic mass is 10.1. The number of nitrogens with one attached hydrogen (secondary N) is 1. The van der Waals surface area contributed by atoms with Gasteiger partial charge < -0.3 is 10.2 Å². The molecule has 102 valence electrons. The summed E-state index contributed by atoms with van der Waals surface area (Å²) in [6.45, 7) is 3.06. The zero-order valence-electron chi connectivity index (χ0n) is 11.7. The predicted octanol–water partition coefficient (Wildman–Crippen LogP) is 3.17. The second kappa shape index (κ2) is 6.52. The van der Waals surface area contributed by atoms with Crippen molar-refractivity contribution in [3.63, 3.8) is 0 Å². The number of hydrogen-bond acceptors (Lipinski definition) is 5. The SMILES string of the molecule is CCCc1c(NC)ncnc1N(C)Cc1cccs1. The van der Waals surface area contributed by atoms with Crippen LogP contribution in [0.5, 0.6) is 0 Å². The van der Waals surface area contributed by atoms with Gasteiger partial charge in [-0.15, -0.1) is 11.3 Å². The highest BCUT2D eigenvalue weighted by Crippen LogP contribution is 2.25. The van der Waals surface area contributed by atoms with E-state index in [1.54, 1.807) is 17.7 Å². The summed E-state index contributed by atoms with van der Waals surface area (Å²) < 4.78 is 0. The summed E-state index contributed by atoms with van der Waals surface area (Å²) in [6.07, 6.45) is 3.70. The molecule has 2 rings (SSSR count). The van der Waals surface area contributed by atoms with Crippen molar-refractivity contribution in [3.05, 3.63) is 34.3 Å². The number of hydrogen-bond donors (Lipinski definition) is 1. The molecule has 0 aliphatic heterocycles. The van der Waals surface area contributed by atoms with E-state index in [4.69, 9.17) is 0 Å². The van der Waals surface area contributed by atoms with E-state index in [1.165, 1.54) is 10.4 Å². The van der Waals surface area contributed by atoms with E-state index in [0.29, 0.717) is 0 Å². The molecular weight excluding hydrogens is 256 g/mol. The minimum atomic E-state index is 0.883. The van der Waals surface area contributed by atoms with Gasteiger partial charge in [0, 0.05) is 24.5 Å². The van der Waals surface area contributed by atoms with Gasteiger partial charge in [-0.1, -0.05) is 19.4 Å². The van der Waals surface area contributed by atoms with E-state index in [2.05, 4.69) is 51.7 Å². The summed E-state index contributed by atoms with van der Waals surface area (Å²) in [7, 11) is 3.99. The fourth-order valence-corrected chi connectivity index (χ4v) is 2.90. The molecule has 19 heavy (non-hydrogen) atoms. The highest BCUT2D eigenvalue weighted by Gasteiger charge is 2.14. The van der Waals surface area contributed by atoms with Gasteiger partial charge in [-0.25, -0.2) is 9.97 Å². The minimum absolute atomic E-state index is 0.883. The largest absolute Gasteiger partial charge is 0.373 e. The molecule has 0 radical (unpaired) electrons. The molecule has 5 heteroatoms. The van der Waals surface area contributed by atoms with Crippen molar-refractivity contribution in [2.45, 2.75) is 26.3 Å². The Labute approximate surface area is 118 Å². The van der Waals surface area contributed by atoms with E-state index in [0.717, 1.165) is 31.0 Å². The lowest BCUT2D eigenvalue weighted by molar-refractivity contribution is 0.850. The van der Waals surface area contributed by atoms with Crippen LogP contribution in [0.1, 0.15) is 23.8 Å². The molecule has 2 aromatic heterocycles. The fraction of sp³-hybridized carbons (Fsp3) is 0.429. The van der Waals surface area contributed by atoms with Crippen LogP contribution in [0.4, 0.5) is 11.6 Å². The molecule has 0 aromatic carbocycles. The quantitative estimate of drug-likeness (QED) is 0.880. The van der Waals surface area contributed by atoms with Crippen molar-refractivity contribution in [2.75, 3.05) is 24.3 Å². The molecule has 0 unspecified atom stereocenters. The van der Waals surface area contributed by atoms with Gasteiger partial charge >= 0.3 is 0 Å². The van der Waals surface area contributed by atoms with Gasteiger partial charge in [0.05, 0.1) is 6.54 Å². The number of anilines is 2. The Balaban J connectivity index is 2.27. The van der Waals surface area contributed by atoms with Gasteiger partial charge in [-0.05, 0) is 17.9 Å². The highest BCUT2D eigenvalue weighted by atomic mass is 32.1. The summed E-state index contributed by atoms with van der Waals surface area (Å²) in [4.78, 5) is 12.3. The van der Waals surface area contributed by atoms with Crippen molar-refractivity contribution in [2.24, 2.45) is 0 Å². The number of aromatic nitrogens is 2. The van der Waals surface area contributed by atoms with Crippen LogP contribution in [0.25, 0.3) is 0 Å². The summed E-state index contributed by atoms with van der Waals surface area (Å²) in [6, 6.07) is 4.24. The second-order valence-electron chi connectivity index (χ2n) is 4.46. The topological polar surface area (TPSA) is 41.1 Å². The monoisotopic (exact) mass is 276 g/mol. The summed E-state index contributed by atoms with van der Waals surface area (Å²) in [5.41, 5.74) is 1.20. The third-order valence-corrected chi connectivity index (χ3v) is 3.86. The molecule has 0 aliphatic carbocycles. The second-order valence-corrected chi connectivity index (χ2v) is 5.49. The molecule has 0 saturated carbocycles. The first-order valence-electron chi connectivity index (χ1n) is 6.51. The van der Waals surface area contributed by atoms with Gasteiger partial charge in [0.25, 0.3) is 0 Å². The molecular formula is C14H20N4S. The Morgan fingerprint density at radius 1 is 1.37 bits per heavy atom. The Morgan fingerprint density at radius 3 is 2.84 bits per heavy atom. The van der Waals surface area contributed by atoms with Crippen LogP contribution in [-0.4, -0.2) is 24.1 Å². The maximum atomic E-state index is 4.47. The van der Waals surface area contributed by atoms with Crippen LogP contribution in [0.15, 0.2) is 23.8 Å². The Morgan fingerprint density at radius 2 is 2.21 bits per heavy atom. The van der Waals surface area contributed by atoms with E-state index >= 15 is 0 Å². The Hall–Kier alpha value is -1.62. The summed E-state index contributed by atoms with van der Waals surface area (Å²) in [5, 5.41) is 5.27. The van der Waals surface area contributed by atoms with E-state index in [9.17, 15) is 0 Å². The zero-order chi connectivity index (χ0) is 13.7. The predicted molar refractivity (Wildman–Crippen MR) is 82.0 cm³/mol. The van der Waals surface area contributed by atoms with Crippen molar-refractivity contribution >= 4 is 23.0 Å². The highest BCUT2D eigenvalue weighted by molar-refractivity contribution is 7.09. The van der Waals surface area contributed by atoms with Crippen LogP contribution in [0.3, 0.4) is 0 Å². The van der Waals surface area contributed by atoms with Crippen LogP contribution < -0.4 is 10.2 Å². The molecule has 0 aliphatic rings. The summed E-state index contributed by atoms with van der Waals surface area (Å²) >= 11 is 1.77. The fourth-order valence-electron chi connectivity index (χ4n) is 2.14. The van der Waals surface area contributed by atoms with Crippen LogP contribution in [-0.2, 0) is 13.0 Å². The van der Waals surface area contributed by atoms with Crippen molar-refractivity contribution in [3.8, 4) is 0 Å². The smallest absolute Gasteiger partial charge is 0.137 e. The first kappa shape index (κ1) is 13.8. The maximum absolute atomic E-state index is 4.47. The lowest BCUT2D eigenvalue weighted by Gasteiger charge is -2.21. The molecule has 0 spiro atoms. The van der Waals surface area contributed by atoms with Gasteiger partial charge in [0.15, 0.2) is 0 Å². The average molecular weight is 276 g/mol. The number of rotatable bonds is 6. The average Bonchev–Trinajstić information content (AvgIpc) is 2.92. The molecule has 1 N–H and O–H groups in total. The Kier molecular flexibility index (Phi) is 4.74. The molecule has 2 heterocycles. The molecule has 0 amide bonds. The van der Waals surface area contributed by atoms with Crippen LogP contribution in [0, 0.1) is 0 Å². The minimum Gasteiger partial charge on any atom is -0.373 e.